The van der Waals surface area contributed by atoms with E-state index in [1.165, 1.54) is 4.90 Å². The van der Waals surface area contributed by atoms with Gasteiger partial charge in [0.15, 0.2) is 0 Å². The van der Waals surface area contributed by atoms with Crippen molar-refractivity contribution in [3.05, 3.63) is 23.8 Å². The Kier molecular flexibility index (Phi) is 6.49. The van der Waals surface area contributed by atoms with Crippen LogP contribution < -0.4 is 14.8 Å². The first kappa shape index (κ1) is 17.6. The van der Waals surface area contributed by atoms with Crippen molar-refractivity contribution >= 4 is 12.0 Å². The van der Waals surface area contributed by atoms with Crippen LogP contribution in [0.1, 0.15) is 12.5 Å². The van der Waals surface area contributed by atoms with E-state index >= 15 is 0 Å². The van der Waals surface area contributed by atoms with Crippen molar-refractivity contribution in [1.29, 1.82) is 0 Å². The van der Waals surface area contributed by atoms with Crippen LogP contribution in [0.2, 0.25) is 0 Å². The van der Waals surface area contributed by atoms with Crippen molar-refractivity contribution in [2.24, 2.45) is 5.92 Å². The summed E-state index contributed by atoms with van der Waals surface area (Å²) >= 11 is 0. The zero-order valence-electron chi connectivity index (χ0n) is 13.3. The Morgan fingerprint density at radius 1 is 1.32 bits per heavy atom. The number of carbonyl (C=O) groups excluding carboxylic acids is 1. The van der Waals surface area contributed by atoms with Crippen LogP contribution in [0.4, 0.5) is 4.79 Å². The molecule has 1 aromatic carbocycles. The van der Waals surface area contributed by atoms with Gasteiger partial charge >= 0.3 is 12.0 Å². The minimum absolute atomic E-state index is 0.135. The number of hydrogen-bond acceptors (Lipinski definition) is 4. The molecule has 1 unspecified atom stereocenters. The highest BCUT2D eigenvalue weighted by Crippen LogP contribution is 2.23. The first-order valence-corrected chi connectivity index (χ1v) is 6.81. The molecule has 0 fully saturated rings. The lowest BCUT2D eigenvalue weighted by Gasteiger charge is -2.20. The predicted molar refractivity (Wildman–Crippen MR) is 81.2 cm³/mol. The van der Waals surface area contributed by atoms with E-state index in [1.54, 1.807) is 46.4 Å². The maximum Gasteiger partial charge on any atom is 0.317 e. The number of carboxylic acids is 1. The van der Waals surface area contributed by atoms with Gasteiger partial charge < -0.3 is 24.8 Å². The van der Waals surface area contributed by atoms with Gasteiger partial charge in [-0.1, -0.05) is 6.92 Å². The van der Waals surface area contributed by atoms with Crippen LogP contribution in [-0.4, -0.2) is 49.8 Å². The maximum absolute atomic E-state index is 12.0. The van der Waals surface area contributed by atoms with Gasteiger partial charge in [0.1, 0.15) is 11.5 Å². The summed E-state index contributed by atoms with van der Waals surface area (Å²) < 4.78 is 10.4. The summed E-state index contributed by atoms with van der Waals surface area (Å²) in [6.07, 6.45) is 0. The van der Waals surface area contributed by atoms with Gasteiger partial charge in [-0.3, -0.25) is 4.79 Å². The molecule has 0 aliphatic rings. The fourth-order valence-electron chi connectivity index (χ4n) is 1.90. The molecule has 1 atom stereocenters. The normalized spacial score (nSPS) is 11.5. The van der Waals surface area contributed by atoms with Crippen LogP contribution in [0.25, 0.3) is 0 Å². The van der Waals surface area contributed by atoms with Crippen molar-refractivity contribution in [1.82, 2.24) is 10.2 Å². The Labute approximate surface area is 129 Å². The molecule has 122 valence electrons. The van der Waals surface area contributed by atoms with Gasteiger partial charge in [0.25, 0.3) is 0 Å². The van der Waals surface area contributed by atoms with E-state index in [9.17, 15) is 9.59 Å². The molecule has 0 heterocycles. The summed E-state index contributed by atoms with van der Waals surface area (Å²) in [6.45, 7) is 1.94. The maximum atomic E-state index is 12.0. The molecule has 7 heteroatoms. The van der Waals surface area contributed by atoms with E-state index in [0.717, 1.165) is 5.56 Å². The number of methoxy groups -OCH3 is 2. The van der Waals surface area contributed by atoms with Crippen molar-refractivity contribution in [3.63, 3.8) is 0 Å². The second-order valence-electron chi connectivity index (χ2n) is 4.96. The monoisotopic (exact) mass is 310 g/mol. The highest BCUT2D eigenvalue weighted by atomic mass is 16.5. The van der Waals surface area contributed by atoms with Gasteiger partial charge in [-0.15, -0.1) is 0 Å². The van der Waals surface area contributed by atoms with E-state index in [4.69, 9.17) is 14.6 Å². The van der Waals surface area contributed by atoms with Crippen molar-refractivity contribution < 1.29 is 24.2 Å². The highest BCUT2D eigenvalue weighted by Gasteiger charge is 2.17. The smallest absolute Gasteiger partial charge is 0.317 e. The minimum atomic E-state index is -0.936. The number of amides is 2. The van der Waals surface area contributed by atoms with E-state index in [2.05, 4.69) is 5.32 Å². The average Bonchev–Trinajstić information content (AvgIpc) is 2.51. The Hall–Kier alpha value is -2.44. The zero-order chi connectivity index (χ0) is 16.7. The summed E-state index contributed by atoms with van der Waals surface area (Å²) in [6, 6.07) is 4.96. The molecule has 0 saturated carbocycles. The van der Waals surface area contributed by atoms with Crippen LogP contribution in [0.15, 0.2) is 18.2 Å². The number of hydrogen-bond donors (Lipinski definition) is 2. The Morgan fingerprint density at radius 3 is 2.55 bits per heavy atom. The number of carboxylic acid groups (broad SMARTS) is 1. The third-order valence-electron chi connectivity index (χ3n) is 3.23. The van der Waals surface area contributed by atoms with E-state index in [0.29, 0.717) is 11.5 Å². The second-order valence-corrected chi connectivity index (χ2v) is 4.96. The Bertz CT molecular complexity index is 533. The van der Waals surface area contributed by atoms with Crippen molar-refractivity contribution in [3.8, 4) is 11.5 Å². The molecule has 22 heavy (non-hydrogen) atoms. The van der Waals surface area contributed by atoms with Gasteiger partial charge in [-0.25, -0.2) is 4.79 Å². The molecule has 0 spiro atoms. The lowest BCUT2D eigenvalue weighted by atomic mass is 10.2. The number of rotatable bonds is 7. The topological polar surface area (TPSA) is 88.1 Å². The summed E-state index contributed by atoms with van der Waals surface area (Å²) in [7, 11) is 4.66. The number of carbonyl (C=O) groups is 2. The quantitative estimate of drug-likeness (QED) is 0.798. The molecule has 0 aliphatic heterocycles. The van der Waals surface area contributed by atoms with Crippen LogP contribution in [0, 0.1) is 5.92 Å². The molecule has 0 radical (unpaired) electrons. The molecule has 0 aliphatic carbocycles. The van der Waals surface area contributed by atoms with Crippen LogP contribution >= 0.6 is 0 Å². The lowest BCUT2D eigenvalue weighted by molar-refractivity contribution is -0.141. The lowest BCUT2D eigenvalue weighted by Crippen LogP contribution is -2.40. The molecule has 1 rings (SSSR count). The fourth-order valence-corrected chi connectivity index (χ4v) is 1.90. The number of urea groups is 1. The predicted octanol–water partition coefficient (Wildman–Crippen LogP) is 1.57. The molecular weight excluding hydrogens is 288 g/mol. The van der Waals surface area contributed by atoms with Crippen molar-refractivity contribution in [2.45, 2.75) is 13.5 Å². The van der Waals surface area contributed by atoms with Gasteiger partial charge in [0, 0.05) is 25.7 Å². The molecular formula is C15H22N2O5. The first-order chi connectivity index (χ1) is 10.4. The summed E-state index contributed by atoms with van der Waals surface area (Å²) in [5, 5.41) is 11.6. The number of nitrogens with one attached hydrogen (secondary N) is 1. The van der Waals surface area contributed by atoms with E-state index < -0.39 is 11.9 Å². The van der Waals surface area contributed by atoms with Crippen LogP contribution in [-0.2, 0) is 11.3 Å². The highest BCUT2D eigenvalue weighted by molar-refractivity contribution is 5.75. The SMILES string of the molecule is COc1ccc(OC)c(CNC(=O)N(C)CC(C)C(=O)O)c1. The largest absolute Gasteiger partial charge is 0.497 e. The second kappa shape index (κ2) is 8.11. The molecule has 0 aromatic heterocycles. The number of aliphatic carboxylic acids is 1. The van der Waals surface area contributed by atoms with E-state index in [-0.39, 0.29) is 19.1 Å². The Balaban J connectivity index is 2.65. The Morgan fingerprint density at radius 2 is 2.00 bits per heavy atom. The third-order valence-corrected chi connectivity index (χ3v) is 3.23. The summed E-state index contributed by atoms with van der Waals surface area (Å²) in [5.74, 6) is -0.253. The average molecular weight is 310 g/mol. The number of benzene rings is 1. The summed E-state index contributed by atoms with van der Waals surface area (Å²) in [4.78, 5) is 24.1. The first-order valence-electron chi connectivity index (χ1n) is 6.81. The number of ether oxygens (including phenoxy) is 2. The molecule has 2 N–H and O–H groups in total. The summed E-state index contributed by atoms with van der Waals surface area (Å²) in [5.41, 5.74) is 0.773. The molecule has 0 saturated heterocycles. The minimum Gasteiger partial charge on any atom is -0.497 e. The third kappa shape index (κ3) is 4.83. The zero-order valence-corrected chi connectivity index (χ0v) is 13.3. The van der Waals surface area contributed by atoms with Gasteiger partial charge in [0.05, 0.1) is 20.1 Å². The van der Waals surface area contributed by atoms with Gasteiger partial charge in [-0.2, -0.15) is 0 Å². The fraction of sp³-hybridized carbons (Fsp3) is 0.467. The standard InChI is InChI=1S/C15H22N2O5/c1-10(14(18)19)9-17(2)15(20)16-8-11-7-12(21-3)5-6-13(11)22-4/h5-7,10H,8-9H2,1-4H3,(H,16,20)(H,18,19). The molecule has 2 amide bonds. The van der Waals surface area contributed by atoms with Gasteiger partial charge in [0.2, 0.25) is 0 Å². The molecule has 0 bridgehead atoms. The van der Waals surface area contributed by atoms with Crippen LogP contribution in [0.5, 0.6) is 11.5 Å². The number of nitrogens with zero attached hydrogens (tertiary/aromatic N) is 1. The molecule has 7 nitrogen and oxygen atoms in total. The van der Waals surface area contributed by atoms with Crippen molar-refractivity contribution in [2.75, 3.05) is 27.8 Å². The van der Waals surface area contributed by atoms with Crippen LogP contribution in [0.3, 0.4) is 0 Å². The van der Waals surface area contributed by atoms with Gasteiger partial charge in [-0.05, 0) is 18.2 Å². The molecule has 1 aromatic rings. The van der Waals surface area contributed by atoms with E-state index in [1.807, 2.05) is 0 Å².